The van der Waals surface area contributed by atoms with Gasteiger partial charge >= 0.3 is 5.97 Å². The highest BCUT2D eigenvalue weighted by Crippen LogP contribution is 2.07. The molecule has 0 atom stereocenters. The fourth-order valence-electron chi connectivity index (χ4n) is 1.78. The van der Waals surface area contributed by atoms with Gasteiger partial charge in [0.05, 0.1) is 5.56 Å². The number of nitrogens with one attached hydrogen (secondary N) is 1. The van der Waals surface area contributed by atoms with Crippen LogP contribution in [-0.4, -0.2) is 28.5 Å². The predicted molar refractivity (Wildman–Crippen MR) is 78.7 cm³/mol. The fourth-order valence-corrected chi connectivity index (χ4v) is 1.95. The molecule has 0 spiro atoms. The lowest BCUT2D eigenvalue weighted by Gasteiger charge is -2.06. The molecule has 0 saturated carbocycles. The van der Waals surface area contributed by atoms with Crippen LogP contribution >= 0.6 is 11.6 Å². The molecule has 1 aromatic carbocycles. The van der Waals surface area contributed by atoms with Crippen molar-refractivity contribution >= 4 is 23.5 Å². The number of hydrogen-bond donors (Lipinski definition) is 2. The number of hydrogen-bond acceptors (Lipinski definition) is 3. The number of benzene rings is 1. The largest absolute Gasteiger partial charge is 0.478 e. The molecule has 2 aromatic rings. The van der Waals surface area contributed by atoms with Crippen LogP contribution in [-0.2, 0) is 6.42 Å². The van der Waals surface area contributed by atoms with Gasteiger partial charge in [0.1, 0.15) is 5.15 Å². The third-order valence-corrected chi connectivity index (χ3v) is 3.10. The Hall–Kier alpha value is -2.40. The lowest BCUT2D eigenvalue weighted by molar-refractivity contribution is 0.0696. The first kappa shape index (κ1) is 15.0. The van der Waals surface area contributed by atoms with E-state index in [-0.39, 0.29) is 16.6 Å². The smallest absolute Gasteiger partial charge is 0.335 e. The highest BCUT2D eigenvalue weighted by molar-refractivity contribution is 6.29. The summed E-state index contributed by atoms with van der Waals surface area (Å²) < 4.78 is 0. The zero-order valence-electron chi connectivity index (χ0n) is 11.0. The van der Waals surface area contributed by atoms with Gasteiger partial charge in [-0.3, -0.25) is 4.79 Å². The number of aromatic nitrogens is 1. The zero-order valence-corrected chi connectivity index (χ0v) is 11.8. The summed E-state index contributed by atoms with van der Waals surface area (Å²) in [5.41, 5.74) is 1.65. The molecular formula is C15H13ClN2O3. The van der Waals surface area contributed by atoms with E-state index < -0.39 is 5.97 Å². The average Bonchev–Trinajstić information content (AvgIpc) is 2.47. The number of carboxylic acid groups (broad SMARTS) is 1. The lowest BCUT2D eigenvalue weighted by Crippen LogP contribution is -2.25. The maximum Gasteiger partial charge on any atom is 0.335 e. The van der Waals surface area contributed by atoms with Crippen molar-refractivity contribution in [2.45, 2.75) is 6.42 Å². The summed E-state index contributed by atoms with van der Waals surface area (Å²) in [5.74, 6) is -1.18. The second-order valence-corrected chi connectivity index (χ2v) is 4.76. The van der Waals surface area contributed by atoms with Gasteiger partial charge in [0.2, 0.25) is 0 Å². The number of nitrogens with zero attached hydrogens (tertiary/aromatic N) is 1. The van der Waals surface area contributed by atoms with Crippen LogP contribution in [0.15, 0.2) is 42.6 Å². The van der Waals surface area contributed by atoms with E-state index >= 15 is 0 Å². The van der Waals surface area contributed by atoms with Gasteiger partial charge in [0.15, 0.2) is 0 Å². The maximum atomic E-state index is 11.9. The van der Waals surface area contributed by atoms with Crippen LogP contribution in [0.5, 0.6) is 0 Å². The summed E-state index contributed by atoms with van der Waals surface area (Å²) in [6, 6.07) is 9.64. The van der Waals surface area contributed by atoms with E-state index in [2.05, 4.69) is 10.3 Å². The third kappa shape index (κ3) is 4.29. The van der Waals surface area contributed by atoms with Crippen molar-refractivity contribution in [2.24, 2.45) is 0 Å². The highest BCUT2D eigenvalue weighted by Gasteiger charge is 2.06. The molecule has 0 aliphatic rings. The number of carboxylic acids is 1. The zero-order chi connectivity index (χ0) is 15.2. The first-order valence-electron chi connectivity index (χ1n) is 6.28. The molecule has 0 bridgehead atoms. The van der Waals surface area contributed by atoms with Gasteiger partial charge in [-0.05, 0) is 36.2 Å². The number of carbonyl (C=O) groups excluding carboxylic acids is 1. The maximum absolute atomic E-state index is 11.9. The van der Waals surface area contributed by atoms with Crippen molar-refractivity contribution < 1.29 is 14.7 Å². The SMILES string of the molecule is O=C(O)c1ccc(CCNC(=O)c2ccnc(Cl)c2)cc1. The first-order chi connectivity index (χ1) is 10.1. The van der Waals surface area contributed by atoms with E-state index in [9.17, 15) is 9.59 Å². The minimum Gasteiger partial charge on any atom is -0.478 e. The first-order valence-corrected chi connectivity index (χ1v) is 6.66. The van der Waals surface area contributed by atoms with Gasteiger partial charge < -0.3 is 10.4 Å². The van der Waals surface area contributed by atoms with E-state index in [1.165, 1.54) is 12.3 Å². The topological polar surface area (TPSA) is 79.3 Å². The van der Waals surface area contributed by atoms with E-state index in [1.54, 1.807) is 30.3 Å². The molecule has 0 aliphatic heterocycles. The van der Waals surface area contributed by atoms with Crippen LogP contribution in [0.3, 0.4) is 0 Å². The summed E-state index contributed by atoms with van der Waals surface area (Å²) in [5, 5.41) is 11.8. The van der Waals surface area contributed by atoms with Crippen LogP contribution in [0.1, 0.15) is 26.3 Å². The van der Waals surface area contributed by atoms with Crippen LogP contribution in [0, 0.1) is 0 Å². The summed E-state index contributed by atoms with van der Waals surface area (Å²) in [4.78, 5) is 26.4. The second kappa shape index (κ2) is 6.85. The van der Waals surface area contributed by atoms with Crippen LogP contribution < -0.4 is 5.32 Å². The predicted octanol–water partition coefficient (Wildman–Crippen LogP) is 2.41. The van der Waals surface area contributed by atoms with Crippen molar-refractivity contribution in [3.63, 3.8) is 0 Å². The Labute approximate surface area is 126 Å². The molecule has 6 heteroatoms. The average molecular weight is 305 g/mol. The number of aromatic carboxylic acids is 1. The minimum atomic E-state index is -0.954. The highest BCUT2D eigenvalue weighted by atomic mass is 35.5. The molecule has 2 rings (SSSR count). The molecule has 2 N–H and O–H groups in total. The number of rotatable bonds is 5. The van der Waals surface area contributed by atoms with Gasteiger partial charge in [0.25, 0.3) is 5.91 Å². The van der Waals surface area contributed by atoms with Crippen molar-refractivity contribution in [3.05, 3.63) is 64.4 Å². The van der Waals surface area contributed by atoms with E-state index in [0.29, 0.717) is 18.5 Å². The molecule has 0 unspecified atom stereocenters. The standard InChI is InChI=1S/C15H13ClN2O3/c16-13-9-12(6-8-17-13)14(19)18-7-5-10-1-3-11(4-2-10)15(20)21/h1-4,6,8-9H,5,7H2,(H,18,19)(H,20,21). The Balaban J connectivity index is 1.86. The van der Waals surface area contributed by atoms with Gasteiger partial charge in [-0.25, -0.2) is 9.78 Å². The summed E-state index contributed by atoms with van der Waals surface area (Å²) in [7, 11) is 0. The van der Waals surface area contributed by atoms with Crippen molar-refractivity contribution in [3.8, 4) is 0 Å². The Morgan fingerprint density at radius 1 is 1.14 bits per heavy atom. The number of halogens is 1. The van der Waals surface area contributed by atoms with Crippen LogP contribution in [0.4, 0.5) is 0 Å². The fraction of sp³-hybridized carbons (Fsp3) is 0.133. The molecule has 21 heavy (non-hydrogen) atoms. The molecule has 1 heterocycles. The summed E-state index contributed by atoms with van der Waals surface area (Å²) in [6.45, 7) is 0.450. The monoisotopic (exact) mass is 304 g/mol. The van der Waals surface area contributed by atoms with Gasteiger partial charge in [-0.2, -0.15) is 0 Å². The number of carbonyl (C=O) groups is 2. The Morgan fingerprint density at radius 3 is 2.48 bits per heavy atom. The third-order valence-electron chi connectivity index (χ3n) is 2.89. The number of amides is 1. The van der Waals surface area contributed by atoms with Gasteiger partial charge in [-0.15, -0.1) is 0 Å². The second-order valence-electron chi connectivity index (χ2n) is 4.38. The molecule has 0 fully saturated rings. The Kier molecular flexibility index (Phi) is 4.90. The van der Waals surface area contributed by atoms with Gasteiger partial charge in [-0.1, -0.05) is 23.7 Å². The molecule has 1 amide bonds. The molecule has 108 valence electrons. The molecule has 0 saturated heterocycles. The Morgan fingerprint density at radius 2 is 1.86 bits per heavy atom. The quantitative estimate of drug-likeness (QED) is 0.831. The minimum absolute atomic E-state index is 0.221. The van der Waals surface area contributed by atoms with Gasteiger partial charge in [0, 0.05) is 18.3 Å². The molecule has 0 radical (unpaired) electrons. The molecule has 1 aromatic heterocycles. The van der Waals surface area contributed by atoms with Crippen LogP contribution in [0.25, 0.3) is 0 Å². The van der Waals surface area contributed by atoms with E-state index in [4.69, 9.17) is 16.7 Å². The van der Waals surface area contributed by atoms with Crippen LogP contribution in [0.2, 0.25) is 5.15 Å². The van der Waals surface area contributed by atoms with Crippen molar-refractivity contribution in [1.29, 1.82) is 0 Å². The lowest BCUT2D eigenvalue weighted by atomic mass is 10.1. The Bertz CT molecular complexity index is 656. The summed E-state index contributed by atoms with van der Waals surface area (Å²) >= 11 is 5.72. The molecule has 5 nitrogen and oxygen atoms in total. The normalized spacial score (nSPS) is 10.1. The van der Waals surface area contributed by atoms with Crippen molar-refractivity contribution in [1.82, 2.24) is 10.3 Å². The van der Waals surface area contributed by atoms with E-state index in [0.717, 1.165) is 5.56 Å². The van der Waals surface area contributed by atoms with Crippen molar-refractivity contribution in [2.75, 3.05) is 6.54 Å². The molecule has 0 aliphatic carbocycles. The summed E-state index contributed by atoms with van der Waals surface area (Å²) in [6.07, 6.45) is 2.09. The number of pyridine rings is 1. The molecular weight excluding hydrogens is 292 g/mol. The van der Waals surface area contributed by atoms with E-state index in [1.807, 2.05) is 0 Å².